The second kappa shape index (κ2) is 3.50. The van der Waals surface area contributed by atoms with Gasteiger partial charge in [0, 0.05) is 12.1 Å². The number of halogens is 1. The molecule has 0 radical (unpaired) electrons. The number of nitrogens with two attached hydrogens (primary N) is 1. The first-order valence-electron chi connectivity index (χ1n) is 4.43. The second-order valence-corrected chi connectivity index (χ2v) is 3.66. The van der Waals surface area contributed by atoms with Crippen LogP contribution in [0, 0.1) is 0 Å². The highest BCUT2D eigenvalue weighted by molar-refractivity contribution is 6.33. The van der Waals surface area contributed by atoms with Crippen LogP contribution in [0.2, 0.25) is 5.02 Å². The number of anilines is 1. The molecule has 1 aromatic carbocycles. The van der Waals surface area contributed by atoms with E-state index in [1.807, 2.05) is 0 Å². The first kappa shape index (κ1) is 9.34. The van der Waals surface area contributed by atoms with Crippen LogP contribution in [-0.4, -0.2) is 12.4 Å². The van der Waals surface area contributed by atoms with Crippen molar-refractivity contribution in [1.29, 1.82) is 0 Å². The van der Waals surface area contributed by atoms with Crippen molar-refractivity contribution >= 4 is 23.1 Å². The normalized spacial score (nSPS) is 15.6. The Morgan fingerprint density at radius 3 is 3.00 bits per heavy atom. The van der Waals surface area contributed by atoms with Gasteiger partial charge in [0.05, 0.1) is 17.2 Å². The highest BCUT2D eigenvalue weighted by atomic mass is 35.5. The molecule has 14 heavy (non-hydrogen) atoms. The largest absolute Gasteiger partial charge is 0.491 e. The fourth-order valence-corrected chi connectivity index (χ4v) is 1.79. The molecule has 0 aromatic heterocycles. The number of hydrogen-bond acceptors (Lipinski definition) is 3. The van der Waals surface area contributed by atoms with Crippen molar-refractivity contribution in [2.75, 3.05) is 12.3 Å². The van der Waals surface area contributed by atoms with E-state index in [0.717, 1.165) is 6.42 Å². The molecule has 1 aliphatic rings. The lowest BCUT2D eigenvalue weighted by Gasteiger charge is -2.08. The minimum absolute atomic E-state index is 0.0479. The summed E-state index contributed by atoms with van der Waals surface area (Å²) in [5, 5.41) is 0.412. The van der Waals surface area contributed by atoms with Crippen LogP contribution in [0.1, 0.15) is 23.2 Å². The smallest absolute Gasteiger partial charge is 0.166 e. The average Bonchev–Trinajstić information content (AvgIpc) is 2.29. The minimum Gasteiger partial charge on any atom is -0.491 e. The Hall–Kier alpha value is -1.22. The van der Waals surface area contributed by atoms with Crippen LogP contribution in [0.15, 0.2) is 12.1 Å². The Bertz CT molecular complexity index is 390. The fraction of sp³-hybridized carbons (Fsp3) is 0.300. The first-order valence-corrected chi connectivity index (χ1v) is 4.81. The Labute approximate surface area is 86.8 Å². The molecule has 0 spiro atoms. The van der Waals surface area contributed by atoms with Crippen LogP contribution in [0.5, 0.6) is 5.75 Å². The van der Waals surface area contributed by atoms with E-state index >= 15 is 0 Å². The van der Waals surface area contributed by atoms with Crippen molar-refractivity contribution in [3.63, 3.8) is 0 Å². The molecule has 1 aliphatic heterocycles. The van der Waals surface area contributed by atoms with E-state index in [4.69, 9.17) is 22.1 Å². The van der Waals surface area contributed by atoms with Crippen LogP contribution in [0.4, 0.5) is 5.69 Å². The molecule has 3 nitrogen and oxygen atoms in total. The molecular formula is C10H10ClNO2. The summed E-state index contributed by atoms with van der Waals surface area (Å²) in [7, 11) is 0. The summed E-state index contributed by atoms with van der Waals surface area (Å²) >= 11 is 5.93. The summed E-state index contributed by atoms with van der Waals surface area (Å²) in [5.74, 6) is 0.523. The molecule has 2 rings (SSSR count). The molecule has 0 bridgehead atoms. The van der Waals surface area contributed by atoms with Crippen LogP contribution >= 0.6 is 11.6 Å². The lowest BCUT2D eigenvalue weighted by molar-refractivity contribution is 0.0983. The fourth-order valence-electron chi connectivity index (χ4n) is 1.51. The summed E-state index contributed by atoms with van der Waals surface area (Å²) in [6, 6.07) is 3.22. The number of rotatable bonds is 0. The molecule has 0 fully saturated rings. The van der Waals surface area contributed by atoms with Gasteiger partial charge in [0.1, 0.15) is 5.75 Å². The van der Waals surface area contributed by atoms with Gasteiger partial charge in [-0.2, -0.15) is 0 Å². The third-order valence-electron chi connectivity index (χ3n) is 2.16. The molecule has 2 N–H and O–H groups in total. The zero-order chi connectivity index (χ0) is 10.1. The molecule has 0 saturated carbocycles. The number of hydrogen-bond donors (Lipinski definition) is 1. The maximum atomic E-state index is 11.6. The predicted molar refractivity (Wildman–Crippen MR) is 54.9 cm³/mol. The number of nitrogen functional groups attached to an aromatic ring is 1. The summed E-state index contributed by atoms with van der Waals surface area (Å²) in [6.07, 6.45) is 1.22. The molecule has 0 amide bonds. The summed E-state index contributed by atoms with van der Waals surface area (Å²) in [6.45, 7) is 0.530. The lowest BCUT2D eigenvalue weighted by atomic mass is 10.1. The van der Waals surface area contributed by atoms with Gasteiger partial charge in [0.2, 0.25) is 0 Å². The monoisotopic (exact) mass is 211 g/mol. The van der Waals surface area contributed by atoms with Crippen LogP contribution in [-0.2, 0) is 0 Å². The van der Waals surface area contributed by atoms with Gasteiger partial charge in [-0.15, -0.1) is 0 Å². The van der Waals surface area contributed by atoms with Crippen molar-refractivity contribution in [3.05, 3.63) is 22.7 Å². The summed E-state index contributed by atoms with van der Waals surface area (Å²) in [5.41, 5.74) is 6.60. The number of ketones is 1. The number of benzene rings is 1. The van der Waals surface area contributed by atoms with Gasteiger partial charge in [0.15, 0.2) is 5.78 Å². The Morgan fingerprint density at radius 1 is 1.43 bits per heavy atom. The van der Waals surface area contributed by atoms with Crippen LogP contribution in [0.25, 0.3) is 0 Å². The molecular weight excluding hydrogens is 202 g/mol. The highest BCUT2D eigenvalue weighted by Gasteiger charge is 2.19. The van der Waals surface area contributed by atoms with Crippen molar-refractivity contribution < 1.29 is 9.53 Å². The Morgan fingerprint density at radius 2 is 2.21 bits per heavy atom. The van der Waals surface area contributed by atoms with Gasteiger partial charge in [0.25, 0.3) is 0 Å². The topological polar surface area (TPSA) is 52.3 Å². The molecule has 0 atom stereocenters. The van der Waals surface area contributed by atoms with E-state index in [9.17, 15) is 4.79 Å². The number of carbonyl (C=O) groups is 1. The minimum atomic E-state index is 0.0479. The molecule has 0 aliphatic carbocycles. The van der Waals surface area contributed by atoms with Crippen LogP contribution in [0.3, 0.4) is 0 Å². The van der Waals surface area contributed by atoms with E-state index in [1.165, 1.54) is 0 Å². The maximum absolute atomic E-state index is 11.6. The van der Waals surface area contributed by atoms with Gasteiger partial charge in [-0.05, 0) is 18.6 Å². The maximum Gasteiger partial charge on any atom is 0.166 e. The zero-order valence-corrected chi connectivity index (χ0v) is 8.30. The van der Waals surface area contributed by atoms with Gasteiger partial charge in [-0.1, -0.05) is 11.6 Å². The summed E-state index contributed by atoms with van der Waals surface area (Å²) in [4.78, 5) is 11.6. The molecule has 0 unspecified atom stereocenters. The Kier molecular flexibility index (Phi) is 2.33. The molecule has 1 heterocycles. The van der Waals surface area contributed by atoms with Crippen molar-refractivity contribution in [2.45, 2.75) is 12.8 Å². The predicted octanol–water partition coefficient (Wildman–Crippen LogP) is 2.28. The lowest BCUT2D eigenvalue weighted by Crippen LogP contribution is -2.00. The van der Waals surface area contributed by atoms with Gasteiger partial charge >= 0.3 is 0 Å². The number of ether oxygens (including phenoxy) is 1. The van der Waals surface area contributed by atoms with E-state index in [-0.39, 0.29) is 5.78 Å². The molecule has 4 heteroatoms. The average molecular weight is 212 g/mol. The zero-order valence-electron chi connectivity index (χ0n) is 7.55. The number of carbonyl (C=O) groups excluding carboxylic acids is 1. The van der Waals surface area contributed by atoms with Crippen molar-refractivity contribution in [3.8, 4) is 5.75 Å². The Balaban J connectivity index is 2.58. The van der Waals surface area contributed by atoms with Crippen molar-refractivity contribution in [1.82, 2.24) is 0 Å². The first-order chi connectivity index (χ1) is 6.68. The quantitative estimate of drug-likeness (QED) is 0.670. The van der Waals surface area contributed by atoms with E-state index < -0.39 is 0 Å². The van der Waals surface area contributed by atoms with Crippen molar-refractivity contribution in [2.24, 2.45) is 0 Å². The van der Waals surface area contributed by atoms with Gasteiger partial charge in [-0.25, -0.2) is 0 Å². The number of Topliss-reactive ketones (excluding diaryl/α,β-unsaturated/α-hetero) is 1. The van der Waals surface area contributed by atoms with E-state index in [0.29, 0.717) is 35.1 Å². The highest BCUT2D eigenvalue weighted by Crippen LogP contribution is 2.34. The molecule has 74 valence electrons. The molecule has 0 saturated heterocycles. The molecule has 1 aromatic rings. The van der Waals surface area contributed by atoms with E-state index in [1.54, 1.807) is 12.1 Å². The third-order valence-corrected chi connectivity index (χ3v) is 2.44. The van der Waals surface area contributed by atoms with Gasteiger partial charge < -0.3 is 10.5 Å². The van der Waals surface area contributed by atoms with E-state index in [2.05, 4.69) is 0 Å². The van der Waals surface area contributed by atoms with Crippen LogP contribution < -0.4 is 10.5 Å². The summed E-state index contributed by atoms with van der Waals surface area (Å²) < 4.78 is 5.40. The second-order valence-electron chi connectivity index (χ2n) is 3.25. The SMILES string of the molecule is Nc1cc(Cl)c2c(c1)C(=O)CCCO2. The third kappa shape index (κ3) is 1.55. The standard InChI is InChI=1S/C10H10ClNO2/c11-8-5-6(12)4-7-9(13)2-1-3-14-10(7)8/h4-5H,1-3,12H2. The van der Waals surface area contributed by atoms with Gasteiger partial charge in [-0.3, -0.25) is 4.79 Å². The number of fused-ring (bicyclic) bond motifs is 1.